The number of thiophene rings is 1. The van der Waals surface area contributed by atoms with Crippen LogP contribution in [0.5, 0.6) is 0 Å². The van der Waals surface area contributed by atoms with Crippen LogP contribution in [0.25, 0.3) is 0 Å². The number of piperidine rings is 1. The van der Waals surface area contributed by atoms with Crippen molar-refractivity contribution in [3.8, 4) is 0 Å². The third kappa shape index (κ3) is 2.15. The normalized spacial score (nSPS) is 41.9. The van der Waals surface area contributed by atoms with Crippen LogP contribution in [0.15, 0.2) is 17.5 Å². The minimum absolute atomic E-state index is 0.596. The van der Waals surface area contributed by atoms with Gasteiger partial charge in [0.2, 0.25) is 0 Å². The van der Waals surface area contributed by atoms with Gasteiger partial charge in [-0.2, -0.15) is 0 Å². The lowest BCUT2D eigenvalue weighted by molar-refractivity contribution is -0.143. The lowest BCUT2D eigenvalue weighted by atomic mass is 9.77. The summed E-state index contributed by atoms with van der Waals surface area (Å²) in [6.07, 6.45) is 8.05. The third-order valence-electron chi connectivity index (χ3n) is 6.76. The molecule has 3 heterocycles. The molecule has 0 amide bonds. The number of hydrogen-bond donors (Lipinski definition) is 1. The Hall–Kier alpha value is -0.870. The maximum atomic E-state index is 12.0. The summed E-state index contributed by atoms with van der Waals surface area (Å²) in [6.45, 7) is 0. The number of hydrogen-bond acceptors (Lipinski definition) is 3. The first-order valence-corrected chi connectivity index (χ1v) is 9.47. The van der Waals surface area contributed by atoms with Crippen molar-refractivity contribution in [1.29, 1.82) is 0 Å². The van der Waals surface area contributed by atoms with Crippen LogP contribution < -0.4 is 0 Å². The van der Waals surface area contributed by atoms with Crippen molar-refractivity contribution in [1.82, 2.24) is 4.90 Å². The predicted molar refractivity (Wildman–Crippen MR) is 88.3 cm³/mol. The smallest absolute Gasteiger partial charge is 0.314 e. The van der Waals surface area contributed by atoms with Crippen LogP contribution >= 0.6 is 11.3 Å². The lowest BCUT2D eigenvalue weighted by Gasteiger charge is -2.39. The predicted octanol–water partition coefficient (Wildman–Crippen LogP) is 3.74. The number of nitrogens with zero attached hydrogens (tertiary/aromatic N) is 1. The molecule has 3 fully saturated rings. The molecule has 2 bridgehead atoms. The van der Waals surface area contributed by atoms with Gasteiger partial charge in [-0.3, -0.25) is 4.79 Å². The number of fused-ring (bicyclic) bond motifs is 2. The first-order valence-electron chi connectivity index (χ1n) is 8.59. The van der Waals surface area contributed by atoms with Gasteiger partial charge in [0.15, 0.2) is 0 Å². The molecule has 2 aliphatic heterocycles. The molecule has 3 nitrogen and oxygen atoms in total. The number of aliphatic carboxylic acids is 1. The summed E-state index contributed by atoms with van der Waals surface area (Å²) >= 11 is 1.62. The summed E-state index contributed by atoms with van der Waals surface area (Å²) in [5, 5.41) is 11.9. The molecule has 3 aliphatic rings. The summed E-state index contributed by atoms with van der Waals surface area (Å²) in [4.78, 5) is 15.7. The minimum atomic E-state index is -0.603. The fourth-order valence-electron chi connectivity index (χ4n) is 5.40. The van der Waals surface area contributed by atoms with E-state index >= 15 is 0 Å². The number of carboxylic acid groups (broad SMARTS) is 1. The monoisotopic (exact) mass is 319 g/mol. The molecule has 22 heavy (non-hydrogen) atoms. The zero-order chi connectivity index (χ0) is 15.3. The topological polar surface area (TPSA) is 40.5 Å². The Bertz CT molecular complexity index is 543. The van der Waals surface area contributed by atoms with Crippen molar-refractivity contribution in [2.45, 2.75) is 62.4 Å². The zero-order valence-electron chi connectivity index (χ0n) is 13.2. The molecule has 0 aromatic carbocycles. The number of rotatable bonds is 3. The summed E-state index contributed by atoms with van der Waals surface area (Å²) in [6, 6.07) is 5.53. The Kier molecular flexibility index (Phi) is 3.57. The van der Waals surface area contributed by atoms with Gasteiger partial charge in [0, 0.05) is 17.0 Å². The fraction of sp³-hybridized carbons (Fsp3) is 0.722. The van der Waals surface area contributed by atoms with Crippen LogP contribution in [-0.2, 0) is 10.2 Å². The molecule has 1 aromatic rings. The molecule has 4 unspecified atom stereocenters. The molecule has 1 aliphatic carbocycles. The highest BCUT2D eigenvalue weighted by Crippen LogP contribution is 2.52. The lowest BCUT2D eigenvalue weighted by Crippen LogP contribution is -2.42. The van der Waals surface area contributed by atoms with Crippen LogP contribution in [0.3, 0.4) is 0 Å². The second-order valence-corrected chi connectivity index (χ2v) is 8.60. The van der Waals surface area contributed by atoms with E-state index in [2.05, 4.69) is 11.9 Å². The third-order valence-corrected chi connectivity index (χ3v) is 7.83. The maximum Gasteiger partial charge on any atom is 0.314 e. The summed E-state index contributed by atoms with van der Waals surface area (Å²) in [5.74, 6) is 0.748. The van der Waals surface area contributed by atoms with E-state index in [4.69, 9.17) is 0 Å². The van der Waals surface area contributed by atoms with E-state index in [1.807, 2.05) is 17.5 Å². The van der Waals surface area contributed by atoms with Crippen molar-refractivity contribution >= 4 is 17.3 Å². The van der Waals surface area contributed by atoms with Gasteiger partial charge >= 0.3 is 5.97 Å². The van der Waals surface area contributed by atoms with Crippen molar-refractivity contribution in [3.05, 3.63) is 22.4 Å². The molecule has 0 radical (unpaired) electrons. The molecule has 120 valence electrons. The molecular formula is C18H25NO2S. The molecule has 1 saturated carbocycles. The number of carboxylic acids is 1. The average Bonchev–Trinajstić information content (AvgIpc) is 3.19. The van der Waals surface area contributed by atoms with Gasteiger partial charge in [0.05, 0.1) is 0 Å². The first-order chi connectivity index (χ1) is 10.6. The highest BCUT2D eigenvalue weighted by atomic mass is 32.1. The van der Waals surface area contributed by atoms with Crippen LogP contribution in [0, 0.1) is 11.8 Å². The molecule has 1 N–H and O–H groups in total. The number of carbonyl (C=O) groups is 1. The Morgan fingerprint density at radius 1 is 1.27 bits per heavy atom. The van der Waals surface area contributed by atoms with E-state index < -0.39 is 11.4 Å². The van der Waals surface area contributed by atoms with Gasteiger partial charge in [-0.25, -0.2) is 0 Å². The fourth-order valence-corrected chi connectivity index (χ4v) is 6.36. The van der Waals surface area contributed by atoms with E-state index in [1.54, 1.807) is 11.3 Å². The van der Waals surface area contributed by atoms with Gasteiger partial charge < -0.3 is 10.0 Å². The van der Waals surface area contributed by atoms with E-state index in [0.29, 0.717) is 5.92 Å². The molecule has 0 spiro atoms. The minimum Gasteiger partial charge on any atom is -0.481 e. The van der Waals surface area contributed by atoms with Crippen LogP contribution in [-0.4, -0.2) is 35.1 Å². The van der Waals surface area contributed by atoms with Crippen molar-refractivity contribution in [2.24, 2.45) is 11.8 Å². The molecule has 4 rings (SSSR count). The van der Waals surface area contributed by atoms with Gasteiger partial charge in [-0.1, -0.05) is 6.07 Å². The summed E-state index contributed by atoms with van der Waals surface area (Å²) in [7, 11) is 2.28. The highest BCUT2D eigenvalue weighted by molar-refractivity contribution is 7.10. The first kappa shape index (κ1) is 14.7. The average molecular weight is 319 g/mol. The molecule has 2 saturated heterocycles. The van der Waals surface area contributed by atoms with E-state index in [1.165, 1.54) is 25.7 Å². The zero-order valence-corrected chi connectivity index (χ0v) is 14.0. The van der Waals surface area contributed by atoms with Crippen molar-refractivity contribution < 1.29 is 9.90 Å². The Morgan fingerprint density at radius 2 is 2.00 bits per heavy atom. The molecule has 4 atom stereocenters. The largest absolute Gasteiger partial charge is 0.481 e. The van der Waals surface area contributed by atoms with Crippen molar-refractivity contribution in [2.75, 3.05) is 7.05 Å². The van der Waals surface area contributed by atoms with E-state index in [-0.39, 0.29) is 0 Å². The van der Waals surface area contributed by atoms with E-state index in [0.717, 1.165) is 42.1 Å². The van der Waals surface area contributed by atoms with Gasteiger partial charge in [-0.05, 0) is 75.3 Å². The Labute approximate surface area is 136 Å². The second-order valence-electron chi connectivity index (χ2n) is 7.65. The molecule has 1 aromatic heterocycles. The Balaban J connectivity index is 1.53. The molecular weight excluding hydrogens is 294 g/mol. The maximum absolute atomic E-state index is 12.0. The van der Waals surface area contributed by atoms with Crippen molar-refractivity contribution in [3.63, 3.8) is 0 Å². The standard InChI is InChI=1S/C18H25NO2S/c1-19-14-4-5-15(19)10-13(9-14)12-6-7-18(11-12,17(20)21)16-3-2-8-22-16/h2-3,8,12-15H,4-7,9-11H2,1H3,(H,20,21). The van der Waals surface area contributed by atoms with Gasteiger partial charge in [-0.15, -0.1) is 11.3 Å². The van der Waals surface area contributed by atoms with Gasteiger partial charge in [0.1, 0.15) is 5.41 Å². The second kappa shape index (κ2) is 5.34. The molecule has 4 heteroatoms. The quantitative estimate of drug-likeness (QED) is 0.922. The Morgan fingerprint density at radius 3 is 2.59 bits per heavy atom. The van der Waals surface area contributed by atoms with Crippen LogP contribution in [0.4, 0.5) is 0 Å². The van der Waals surface area contributed by atoms with Crippen LogP contribution in [0.1, 0.15) is 49.8 Å². The summed E-state index contributed by atoms with van der Waals surface area (Å²) < 4.78 is 0. The highest BCUT2D eigenvalue weighted by Gasteiger charge is 2.51. The summed E-state index contributed by atoms with van der Waals surface area (Å²) in [5.41, 5.74) is -0.596. The van der Waals surface area contributed by atoms with Gasteiger partial charge in [0.25, 0.3) is 0 Å². The van der Waals surface area contributed by atoms with E-state index in [9.17, 15) is 9.90 Å². The van der Waals surface area contributed by atoms with Crippen LogP contribution in [0.2, 0.25) is 0 Å². The SMILES string of the molecule is CN1C2CCC1CC(C1CCC(C(=O)O)(c3cccs3)C1)C2.